The molecule has 0 bridgehead atoms. The number of pyridine rings is 1. The van der Waals surface area contributed by atoms with Crippen LogP contribution < -0.4 is 4.74 Å². The van der Waals surface area contributed by atoms with Gasteiger partial charge in [0.25, 0.3) is 11.7 Å². The Balaban J connectivity index is 1.61. The van der Waals surface area contributed by atoms with E-state index in [1.165, 1.54) is 0 Å². The Morgan fingerprint density at radius 2 is 1.94 bits per heavy atom. The third kappa shape index (κ3) is 4.16. The minimum absolute atomic E-state index is 0.159. The van der Waals surface area contributed by atoms with E-state index in [9.17, 15) is 4.79 Å². The number of carbonyl (C=O) groups is 1. The maximum absolute atomic E-state index is 13.5. The van der Waals surface area contributed by atoms with Crippen molar-refractivity contribution in [3.63, 3.8) is 0 Å². The Labute approximate surface area is 204 Å². The predicted molar refractivity (Wildman–Crippen MR) is 130 cm³/mol. The second kappa shape index (κ2) is 9.29. The lowest BCUT2D eigenvalue weighted by Gasteiger charge is -2.08. The first-order valence-electron chi connectivity index (χ1n) is 10.5. The van der Waals surface area contributed by atoms with Crippen LogP contribution in [0.2, 0.25) is 10.2 Å². The number of nitrogens with zero attached hydrogens (tertiary/aromatic N) is 4. The molecule has 5 aromatic rings. The Hall–Kier alpha value is -3.68. The molecule has 0 saturated heterocycles. The molecule has 0 spiro atoms. The summed E-state index contributed by atoms with van der Waals surface area (Å²) in [6, 6.07) is 16.5. The monoisotopic (exact) mass is 492 g/mol. The van der Waals surface area contributed by atoms with Crippen molar-refractivity contribution >= 4 is 39.9 Å². The maximum Gasteiger partial charge on any atom is 0.299 e. The van der Waals surface area contributed by atoms with Crippen LogP contribution in [-0.4, -0.2) is 32.1 Å². The third-order valence-electron chi connectivity index (χ3n) is 5.30. The molecule has 170 valence electrons. The SMILES string of the molecule is CCOc1ccc2c(c1)c(C(=O)c1nc(-c3cccnc3)no1)c(Cl)n2Cc1ccc(Cl)cc1. The van der Waals surface area contributed by atoms with E-state index in [4.69, 9.17) is 32.5 Å². The number of fused-ring (bicyclic) bond motifs is 1. The van der Waals surface area contributed by atoms with Crippen LogP contribution in [0.4, 0.5) is 0 Å². The number of benzene rings is 2. The van der Waals surface area contributed by atoms with Crippen LogP contribution in [0, 0.1) is 0 Å². The van der Waals surface area contributed by atoms with E-state index in [-0.39, 0.29) is 22.4 Å². The first kappa shape index (κ1) is 22.1. The van der Waals surface area contributed by atoms with Crippen LogP contribution in [-0.2, 0) is 6.54 Å². The van der Waals surface area contributed by atoms with Gasteiger partial charge in [0.15, 0.2) is 0 Å². The van der Waals surface area contributed by atoms with Crippen LogP contribution in [0.15, 0.2) is 71.5 Å². The van der Waals surface area contributed by atoms with Gasteiger partial charge < -0.3 is 13.8 Å². The van der Waals surface area contributed by atoms with Gasteiger partial charge in [0.1, 0.15) is 10.9 Å². The fourth-order valence-corrected chi connectivity index (χ4v) is 4.20. The summed E-state index contributed by atoms with van der Waals surface area (Å²) in [6.45, 7) is 2.83. The number of aromatic nitrogens is 4. The van der Waals surface area contributed by atoms with Gasteiger partial charge in [0.05, 0.1) is 17.7 Å². The van der Waals surface area contributed by atoms with Crippen molar-refractivity contribution in [1.82, 2.24) is 19.7 Å². The first-order chi connectivity index (χ1) is 16.5. The Morgan fingerprint density at radius 3 is 2.68 bits per heavy atom. The molecule has 0 atom stereocenters. The number of carbonyl (C=O) groups excluding carboxylic acids is 1. The maximum atomic E-state index is 13.5. The number of hydrogen-bond acceptors (Lipinski definition) is 6. The molecular formula is C25H18Cl2N4O3. The van der Waals surface area contributed by atoms with E-state index in [1.807, 2.05) is 47.9 Å². The number of halogens is 2. The second-order valence-electron chi connectivity index (χ2n) is 7.48. The van der Waals surface area contributed by atoms with E-state index in [0.717, 1.165) is 11.1 Å². The van der Waals surface area contributed by atoms with Crippen LogP contribution in [0.3, 0.4) is 0 Å². The molecule has 0 N–H and O–H groups in total. The molecule has 5 rings (SSSR count). The molecule has 9 heteroatoms. The molecule has 0 saturated carbocycles. The molecule has 0 aliphatic heterocycles. The lowest BCUT2D eigenvalue weighted by Crippen LogP contribution is -2.04. The highest BCUT2D eigenvalue weighted by molar-refractivity contribution is 6.36. The molecule has 3 aromatic heterocycles. The minimum Gasteiger partial charge on any atom is -0.494 e. The number of rotatable bonds is 7. The van der Waals surface area contributed by atoms with Crippen molar-refractivity contribution in [3.05, 3.63) is 94.2 Å². The zero-order chi connectivity index (χ0) is 23.7. The molecule has 0 aliphatic rings. The van der Waals surface area contributed by atoms with Crippen molar-refractivity contribution in [2.75, 3.05) is 6.61 Å². The Morgan fingerprint density at radius 1 is 1.12 bits per heavy atom. The van der Waals surface area contributed by atoms with Gasteiger partial charge in [0.2, 0.25) is 5.82 Å². The minimum atomic E-state index is -0.471. The van der Waals surface area contributed by atoms with Gasteiger partial charge in [-0.15, -0.1) is 0 Å². The molecule has 0 unspecified atom stereocenters. The third-order valence-corrected chi connectivity index (χ3v) is 5.95. The van der Waals surface area contributed by atoms with Crippen molar-refractivity contribution in [2.45, 2.75) is 13.5 Å². The molecule has 2 aromatic carbocycles. The second-order valence-corrected chi connectivity index (χ2v) is 8.28. The van der Waals surface area contributed by atoms with Crippen molar-refractivity contribution in [3.8, 4) is 17.1 Å². The van der Waals surface area contributed by atoms with Gasteiger partial charge in [-0.2, -0.15) is 4.98 Å². The lowest BCUT2D eigenvalue weighted by molar-refractivity contribution is 0.0995. The highest BCUT2D eigenvalue weighted by Crippen LogP contribution is 2.35. The predicted octanol–water partition coefficient (Wildman–Crippen LogP) is 6.07. The molecular weight excluding hydrogens is 475 g/mol. The van der Waals surface area contributed by atoms with E-state index >= 15 is 0 Å². The van der Waals surface area contributed by atoms with Gasteiger partial charge in [-0.05, 0) is 55.0 Å². The number of ketones is 1. The summed E-state index contributed by atoms with van der Waals surface area (Å²) < 4.78 is 12.8. The average Bonchev–Trinajstić information content (AvgIpc) is 3.45. The van der Waals surface area contributed by atoms with Gasteiger partial charge in [-0.25, -0.2) is 0 Å². The topological polar surface area (TPSA) is 83.0 Å². The normalized spacial score (nSPS) is 11.1. The smallest absolute Gasteiger partial charge is 0.299 e. The fourth-order valence-electron chi connectivity index (χ4n) is 3.74. The van der Waals surface area contributed by atoms with Gasteiger partial charge in [0, 0.05) is 34.9 Å². The summed E-state index contributed by atoms with van der Waals surface area (Å²) in [6.07, 6.45) is 3.24. The van der Waals surface area contributed by atoms with E-state index < -0.39 is 5.78 Å². The first-order valence-corrected chi connectivity index (χ1v) is 11.3. The van der Waals surface area contributed by atoms with Crippen LogP contribution in [0.5, 0.6) is 5.75 Å². The zero-order valence-corrected chi connectivity index (χ0v) is 19.5. The summed E-state index contributed by atoms with van der Waals surface area (Å²) >= 11 is 12.8. The van der Waals surface area contributed by atoms with Crippen molar-refractivity contribution in [2.24, 2.45) is 0 Å². The number of ether oxygens (including phenoxy) is 1. The summed E-state index contributed by atoms with van der Waals surface area (Å²) in [5.41, 5.74) is 2.67. The van der Waals surface area contributed by atoms with E-state index in [0.29, 0.717) is 34.9 Å². The highest BCUT2D eigenvalue weighted by atomic mass is 35.5. The molecule has 0 aliphatic carbocycles. The van der Waals surface area contributed by atoms with Gasteiger partial charge in [-0.3, -0.25) is 9.78 Å². The van der Waals surface area contributed by atoms with E-state index in [1.54, 1.807) is 30.6 Å². The summed E-state index contributed by atoms with van der Waals surface area (Å²) in [5, 5.41) is 5.49. The molecule has 0 fully saturated rings. The van der Waals surface area contributed by atoms with Crippen LogP contribution >= 0.6 is 23.2 Å². The Bertz CT molecular complexity index is 1480. The summed E-state index contributed by atoms with van der Waals surface area (Å²) in [7, 11) is 0. The van der Waals surface area contributed by atoms with Crippen LogP contribution in [0.25, 0.3) is 22.3 Å². The standard InChI is InChI=1S/C25H18Cl2N4O3/c1-2-33-18-9-10-20-19(12-18)21(23(27)31(20)14-15-5-7-17(26)8-6-15)22(32)25-29-24(30-34-25)16-4-3-11-28-13-16/h3-13H,2,14H2,1H3. The van der Waals surface area contributed by atoms with Gasteiger partial charge in [-0.1, -0.05) is 40.5 Å². The largest absolute Gasteiger partial charge is 0.494 e. The highest BCUT2D eigenvalue weighted by Gasteiger charge is 2.27. The van der Waals surface area contributed by atoms with Crippen LogP contribution in [0.1, 0.15) is 28.7 Å². The molecule has 7 nitrogen and oxygen atoms in total. The lowest BCUT2D eigenvalue weighted by atomic mass is 10.1. The summed E-state index contributed by atoms with van der Waals surface area (Å²) in [4.78, 5) is 21.9. The Kier molecular flexibility index (Phi) is 6.04. The quantitative estimate of drug-likeness (QED) is 0.256. The zero-order valence-electron chi connectivity index (χ0n) is 18.0. The van der Waals surface area contributed by atoms with Crippen molar-refractivity contribution < 1.29 is 14.1 Å². The molecule has 3 heterocycles. The number of hydrogen-bond donors (Lipinski definition) is 0. The average molecular weight is 493 g/mol. The van der Waals surface area contributed by atoms with Crippen molar-refractivity contribution in [1.29, 1.82) is 0 Å². The molecule has 0 amide bonds. The van der Waals surface area contributed by atoms with Gasteiger partial charge >= 0.3 is 0 Å². The van der Waals surface area contributed by atoms with E-state index in [2.05, 4.69) is 15.1 Å². The molecule has 0 radical (unpaired) electrons. The summed E-state index contributed by atoms with van der Waals surface area (Å²) in [5.74, 6) is 0.271. The fraction of sp³-hybridized carbons (Fsp3) is 0.120. The molecule has 34 heavy (non-hydrogen) atoms.